The zero-order chi connectivity index (χ0) is 19.7. The number of nitrogens with one attached hydrogen (secondary N) is 1. The van der Waals surface area contributed by atoms with E-state index in [1.807, 2.05) is 12.1 Å². The molecule has 1 N–H and O–H groups in total. The maximum Gasteiger partial charge on any atom is 0.255 e. The van der Waals surface area contributed by atoms with E-state index in [1.54, 1.807) is 31.4 Å². The highest BCUT2D eigenvalue weighted by Gasteiger charge is 2.21. The van der Waals surface area contributed by atoms with E-state index in [0.29, 0.717) is 28.1 Å². The van der Waals surface area contributed by atoms with Crippen LogP contribution in [0.3, 0.4) is 0 Å². The van der Waals surface area contributed by atoms with Crippen LogP contribution in [0.25, 0.3) is 10.9 Å². The molecule has 1 aromatic heterocycles. The highest BCUT2D eigenvalue weighted by molar-refractivity contribution is 6.31. The summed E-state index contributed by atoms with van der Waals surface area (Å²) in [5.41, 5.74) is 2.00. The summed E-state index contributed by atoms with van der Waals surface area (Å²) in [4.78, 5) is 12.6. The van der Waals surface area contributed by atoms with E-state index >= 15 is 0 Å². The number of rotatable bonds is 4. The lowest BCUT2D eigenvalue weighted by atomic mass is 9.87. The van der Waals surface area contributed by atoms with Gasteiger partial charge in [-0.1, -0.05) is 24.6 Å². The van der Waals surface area contributed by atoms with Crippen LogP contribution in [0, 0.1) is 5.92 Å². The fraction of sp³-hybridized carbons (Fsp3) is 0.364. The SMILES string of the molecule is COc1cc2nn([C@H]3CC[C@H](C)CC3)cc2cc1NC(=O)c1cccc(Cl)c1. The van der Waals surface area contributed by atoms with Gasteiger partial charge in [-0.3, -0.25) is 9.48 Å². The maximum atomic E-state index is 12.6. The van der Waals surface area contributed by atoms with Gasteiger partial charge in [0.1, 0.15) is 5.75 Å². The summed E-state index contributed by atoms with van der Waals surface area (Å²) in [7, 11) is 1.59. The Balaban J connectivity index is 1.62. The summed E-state index contributed by atoms with van der Waals surface area (Å²) in [6.07, 6.45) is 6.87. The minimum absolute atomic E-state index is 0.228. The van der Waals surface area contributed by atoms with Crippen molar-refractivity contribution in [1.82, 2.24) is 9.78 Å². The van der Waals surface area contributed by atoms with E-state index in [9.17, 15) is 4.79 Å². The molecule has 6 heteroatoms. The summed E-state index contributed by atoms with van der Waals surface area (Å²) >= 11 is 6.00. The first-order chi connectivity index (χ1) is 13.5. The standard InChI is InChI=1S/C22H24ClN3O2/c1-14-6-8-18(9-7-14)26-13-16-11-20(21(28-2)12-19(16)25-26)24-22(27)15-4-3-5-17(23)10-15/h3-5,10-14,18H,6-9H2,1-2H3,(H,24,27)/t14-,18-. The van der Waals surface area contributed by atoms with E-state index in [-0.39, 0.29) is 5.91 Å². The first-order valence-electron chi connectivity index (χ1n) is 9.67. The molecule has 3 aromatic rings. The molecule has 28 heavy (non-hydrogen) atoms. The molecular formula is C22H24ClN3O2. The van der Waals surface area contributed by atoms with E-state index in [1.165, 1.54) is 12.8 Å². The minimum atomic E-state index is -0.228. The Labute approximate surface area is 169 Å². The van der Waals surface area contributed by atoms with E-state index in [4.69, 9.17) is 21.4 Å². The second-order valence-electron chi connectivity index (χ2n) is 7.60. The number of ether oxygens (including phenoxy) is 1. The fourth-order valence-electron chi connectivity index (χ4n) is 3.86. The van der Waals surface area contributed by atoms with Crippen molar-refractivity contribution in [3.63, 3.8) is 0 Å². The van der Waals surface area contributed by atoms with Gasteiger partial charge < -0.3 is 10.1 Å². The quantitative estimate of drug-likeness (QED) is 0.614. The Bertz CT molecular complexity index is 1010. The smallest absolute Gasteiger partial charge is 0.255 e. The van der Waals surface area contributed by atoms with Crippen LogP contribution in [0.4, 0.5) is 5.69 Å². The summed E-state index contributed by atoms with van der Waals surface area (Å²) in [6, 6.07) is 11.1. The van der Waals surface area contributed by atoms with Gasteiger partial charge in [-0.25, -0.2) is 0 Å². The van der Waals surface area contributed by atoms with Crippen molar-refractivity contribution in [2.45, 2.75) is 38.6 Å². The molecular weight excluding hydrogens is 374 g/mol. The lowest BCUT2D eigenvalue weighted by molar-refractivity contribution is 0.102. The van der Waals surface area contributed by atoms with Crippen LogP contribution in [0.5, 0.6) is 5.75 Å². The average Bonchev–Trinajstić information content (AvgIpc) is 3.10. The lowest BCUT2D eigenvalue weighted by Gasteiger charge is -2.26. The highest BCUT2D eigenvalue weighted by atomic mass is 35.5. The molecule has 0 atom stereocenters. The first-order valence-corrected chi connectivity index (χ1v) is 10.0. The van der Waals surface area contributed by atoms with Gasteiger partial charge in [0.05, 0.1) is 24.4 Å². The third-order valence-corrected chi connectivity index (χ3v) is 5.77. The van der Waals surface area contributed by atoms with Crippen LogP contribution in [0.2, 0.25) is 5.02 Å². The second kappa shape index (κ2) is 7.84. The number of methoxy groups -OCH3 is 1. The Morgan fingerprint density at radius 1 is 1.21 bits per heavy atom. The summed E-state index contributed by atoms with van der Waals surface area (Å²) in [5.74, 6) is 1.16. The number of aromatic nitrogens is 2. The van der Waals surface area contributed by atoms with E-state index in [2.05, 4.69) is 23.1 Å². The molecule has 1 heterocycles. The van der Waals surface area contributed by atoms with Gasteiger partial charge in [0.25, 0.3) is 5.91 Å². The molecule has 1 amide bonds. The Morgan fingerprint density at radius 3 is 2.71 bits per heavy atom. The van der Waals surface area contributed by atoms with Crippen molar-refractivity contribution in [2.75, 3.05) is 12.4 Å². The Kier molecular flexibility index (Phi) is 5.27. The molecule has 0 radical (unpaired) electrons. The predicted octanol–water partition coefficient (Wildman–Crippen LogP) is 5.70. The van der Waals surface area contributed by atoms with E-state index in [0.717, 1.165) is 29.7 Å². The maximum absolute atomic E-state index is 12.6. The van der Waals surface area contributed by atoms with Crippen LogP contribution in [-0.4, -0.2) is 22.8 Å². The number of benzene rings is 2. The van der Waals surface area contributed by atoms with Gasteiger partial charge in [0.15, 0.2) is 0 Å². The van der Waals surface area contributed by atoms with Crippen LogP contribution in [0.15, 0.2) is 42.6 Å². The number of nitrogens with zero attached hydrogens (tertiary/aromatic N) is 2. The average molecular weight is 398 g/mol. The normalized spacial score (nSPS) is 19.5. The topological polar surface area (TPSA) is 56.1 Å². The molecule has 1 aliphatic rings. The first kappa shape index (κ1) is 18.8. The molecule has 0 bridgehead atoms. The molecule has 2 aromatic carbocycles. The molecule has 0 unspecified atom stereocenters. The number of hydrogen-bond donors (Lipinski definition) is 1. The Morgan fingerprint density at radius 2 is 2.00 bits per heavy atom. The largest absolute Gasteiger partial charge is 0.494 e. The van der Waals surface area contributed by atoms with Crippen molar-refractivity contribution in [2.24, 2.45) is 5.92 Å². The molecule has 1 fully saturated rings. The van der Waals surface area contributed by atoms with Crippen LogP contribution < -0.4 is 10.1 Å². The molecule has 1 saturated carbocycles. The summed E-state index contributed by atoms with van der Waals surface area (Å²) in [5, 5.41) is 9.21. The molecule has 0 spiro atoms. The van der Waals surface area contributed by atoms with Gasteiger partial charge >= 0.3 is 0 Å². The number of fused-ring (bicyclic) bond motifs is 1. The van der Waals surface area contributed by atoms with Gasteiger partial charge in [-0.05, 0) is 55.9 Å². The molecule has 146 valence electrons. The number of carbonyl (C=O) groups excluding carboxylic acids is 1. The summed E-state index contributed by atoms with van der Waals surface area (Å²) in [6.45, 7) is 2.32. The van der Waals surface area contributed by atoms with Crippen LogP contribution in [-0.2, 0) is 0 Å². The van der Waals surface area contributed by atoms with Gasteiger partial charge in [0.2, 0.25) is 0 Å². The van der Waals surface area contributed by atoms with Gasteiger partial charge in [-0.15, -0.1) is 0 Å². The molecule has 0 aliphatic heterocycles. The molecule has 1 aliphatic carbocycles. The predicted molar refractivity (Wildman–Crippen MR) is 112 cm³/mol. The fourth-order valence-corrected chi connectivity index (χ4v) is 4.05. The van der Waals surface area contributed by atoms with E-state index < -0.39 is 0 Å². The van der Waals surface area contributed by atoms with Crippen LogP contribution >= 0.6 is 11.6 Å². The number of halogens is 1. The van der Waals surface area contributed by atoms with Crippen molar-refractivity contribution in [3.05, 3.63) is 53.2 Å². The highest BCUT2D eigenvalue weighted by Crippen LogP contribution is 2.34. The zero-order valence-corrected chi connectivity index (χ0v) is 16.9. The van der Waals surface area contributed by atoms with Crippen LogP contribution in [0.1, 0.15) is 49.0 Å². The van der Waals surface area contributed by atoms with Gasteiger partial charge in [0, 0.05) is 28.2 Å². The Hall–Kier alpha value is -2.53. The third kappa shape index (κ3) is 3.85. The monoisotopic (exact) mass is 397 g/mol. The zero-order valence-electron chi connectivity index (χ0n) is 16.1. The number of hydrogen-bond acceptors (Lipinski definition) is 3. The number of carbonyl (C=O) groups is 1. The molecule has 5 nitrogen and oxygen atoms in total. The van der Waals surface area contributed by atoms with Crippen molar-refractivity contribution < 1.29 is 9.53 Å². The molecule has 4 rings (SSSR count). The minimum Gasteiger partial charge on any atom is -0.494 e. The van der Waals surface area contributed by atoms with Crippen molar-refractivity contribution >= 4 is 34.1 Å². The lowest BCUT2D eigenvalue weighted by Crippen LogP contribution is -2.16. The molecule has 0 saturated heterocycles. The third-order valence-electron chi connectivity index (χ3n) is 5.54. The van der Waals surface area contributed by atoms with Crippen molar-refractivity contribution in [3.8, 4) is 5.75 Å². The number of anilines is 1. The number of amides is 1. The van der Waals surface area contributed by atoms with Crippen molar-refractivity contribution in [1.29, 1.82) is 0 Å². The summed E-state index contributed by atoms with van der Waals surface area (Å²) < 4.78 is 7.57. The second-order valence-corrected chi connectivity index (χ2v) is 8.04. The van der Waals surface area contributed by atoms with Gasteiger partial charge in [-0.2, -0.15) is 5.10 Å².